The molecule has 3 rings (SSSR count). The average Bonchev–Trinajstić information content (AvgIpc) is 3.11. The molecule has 25 heavy (non-hydrogen) atoms. The van der Waals surface area contributed by atoms with Crippen molar-refractivity contribution < 1.29 is 4.79 Å². The first kappa shape index (κ1) is 16.9. The zero-order valence-electron chi connectivity index (χ0n) is 14.5. The Morgan fingerprint density at radius 1 is 1.04 bits per heavy atom. The largest absolute Gasteiger partial charge is 0.355 e. The molecule has 0 radical (unpaired) electrons. The Morgan fingerprint density at radius 3 is 2.44 bits per heavy atom. The summed E-state index contributed by atoms with van der Waals surface area (Å²) in [7, 11) is 1.63. The van der Waals surface area contributed by atoms with Crippen molar-refractivity contribution in [3.63, 3.8) is 0 Å². The topological polar surface area (TPSA) is 69.8 Å². The third kappa shape index (κ3) is 4.14. The van der Waals surface area contributed by atoms with Crippen molar-refractivity contribution in [1.82, 2.24) is 20.8 Å². The zero-order chi connectivity index (χ0) is 17.6. The summed E-state index contributed by atoms with van der Waals surface area (Å²) in [4.78, 5) is 11.6. The minimum Gasteiger partial charge on any atom is -0.355 e. The fourth-order valence-corrected chi connectivity index (χ4v) is 2.68. The van der Waals surface area contributed by atoms with Crippen LogP contribution in [0.3, 0.4) is 0 Å². The minimum atomic E-state index is -0.0688. The molecule has 0 aliphatic heterocycles. The summed E-state index contributed by atoms with van der Waals surface area (Å²) in [5.41, 5.74) is 6.35. The van der Waals surface area contributed by atoms with Gasteiger partial charge in [-0.15, -0.1) is 0 Å². The Kier molecular flexibility index (Phi) is 5.26. The van der Waals surface area contributed by atoms with Crippen LogP contribution in [0.25, 0.3) is 11.3 Å². The predicted octanol–water partition coefficient (Wildman–Crippen LogP) is 3.03. The Labute approximate surface area is 147 Å². The van der Waals surface area contributed by atoms with Crippen LogP contribution in [0, 0.1) is 6.92 Å². The number of nitrogens with zero attached hydrogens (tertiary/aromatic N) is 1. The first-order chi connectivity index (χ1) is 12.2. The molecule has 5 heteroatoms. The van der Waals surface area contributed by atoms with Crippen molar-refractivity contribution in [2.45, 2.75) is 20.0 Å². The number of H-pyrrole nitrogens is 1. The fourth-order valence-electron chi connectivity index (χ4n) is 2.68. The van der Waals surface area contributed by atoms with Gasteiger partial charge in [0.25, 0.3) is 5.91 Å². The van der Waals surface area contributed by atoms with Crippen LogP contribution >= 0.6 is 0 Å². The number of carbonyl (C=O) groups is 1. The Hall–Kier alpha value is -2.92. The van der Waals surface area contributed by atoms with E-state index in [4.69, 9.17) is 0 Å². The van der Waals surface area contributed by atoms with Gasteiger partial charge in [0, 0.05) is 31.3 Å². The van der Waals surface area contributed by atoms with Crippen LogP contribution in [0.1, 0.15) is 27.0 Å². The van der Waals surface area contributed by atoms with Crippen molar-refractivity contribution in [2.24, 2.45) is 0 Å². The van der Waals surface area contributed by atoms with E-state index in [0.717, 1.165) is 35.5 Å². The molecule has 5 nitrogen and oxygen atoms in total. The van der Waals surface area contributed by atoms with Crippen molar-refractivity contribution in [3.8, 4) is 11.3 Å². The van der Waals surface area contributed by atoms with Crippen molar-refractivity contribution in [3.05, 3.63) is 77.0 Å². The average molecular weight is 334 g/mol. The molecule has 128 valence electrons. The molecule has 2 aromatic carbocycles. The minimum absolute atomic E-state index is 0.0688. The lowest BCUT2D eigenvalue weighted by molar-refractivity contribution is 0.0963. The van der Waals surface area contributed by atoms with Gasteiger partial charge >= 0.3 is 0 Å². The molecular formula is C20H22N4O. The van der Waals surface area contributed by atoms with E-state index in [1.165, 1.54) is 5.56 Å². The molecule has 0 fully saturated rings. The molecule has 1 aromatic heterocycles. The highest BCUT2D eigenvalue weighted by atomic mass is 16.1. The number of benzene rings is 2. The number of hydrogen-bond donors (Lipinski definition) is 3. The van der Waals surface area contributed by atoms with Gasteiger partial charge in [-0.25, -0.2) is 0 Å². The maximum absolute atomic E-state index is 11.6. The summed E-state index contributed by atoms with van der Waals surface area (Å²) in [6.45, 7) is 3.53. The molecule has 1 heterocycles. The Morgan fingerprint density at radius 2 is 1.76 bits per heavy atom. The molecule has 0 aliphatic rings. The van der Waals surface area contributed by atoms with E-state index in [0.29, 0.717) is 5.56 Å². The second-order valence-corrected chi connectivity index (χ2v) is 6.02. The van der Waals surface area contributed by atoms with Crippen LogP contribution < -0.4 is 10.6 Å². The molecule has 0 saturated heterocycles. The van der Waals surface area contributed by atoms with Crippen molar-refractivity contribution >= 4 is 5.91 Å². The number of aryl methyl sites for hydroxylation is 1. The molecule has 0 unspecified atom stereocenters. The Balaban J connectivity index is 1.60. The third-order valence-electron chi connectivity index (χ3n) is 4.15. The second-order valence-electron chi connectivity index (χ2n) is 6.02. The summed E-state index contributed by atoms with van der Waals surface area (Å²) in [6, 6.07) is 16.0. The smallest absolute Gasteiger partial charge is 0.251 e. The number of aromatic amines is 1. The summed E-state index contributed by atoms with van der Waals surface area (Å²) >= 11 is 0. The van der Waals surface area contributed by atoms with Gasteiger partial charge in [-0.1, -0.05) is 42.0 Å². The summed E-state index contributed by atoms with van der Waals surface area (Å²) in [6.07, 6.45) is 1.86. The predicted molar refractivity (Wildman–Crippen MR) is 99.1 cm³/mol. The maximum atomic E-state index is 11.6. The maximum Gasteiger partial charge on any atom is 0.251 e. The first-order valence-electron chi connectivity index (χ1n) is 8.28. The van der Waals surface area contributed by atoms with E-state index in [-0.39, 0.29) is 5.91 Å². The molecule has 0 saturated carbocycles. The van der Waals surface area contributed by atoms with Gasteiger partial charge in [0.05, 0.1) is 11.9 Å². The number of aromatic nitrogens is 2. The van der Waals surface area contributed by atoms with Crippen LogP contribution in [0.5, 0.6) is 0 Å². The lowest BCUT2D eigenvalue weighted by Gasteiger charge is -2.07. The number of rotatable bonds is 6. The summed E-state index contributed by atoms with van der Waals surface area (Å²) in [5, 5.41) is 13.3. The van der Waals surface area contributed by atoms with Gasteiger partial charge in [0.15, 0.2) is 0 Å². The standard InChI is InChI=1S/C20H22N4O/c1-14-3-7-16(8-4-14)19-18(13-23-24-19)12-22-11-15-5-9-17(10-6-15)20(25)21-2/h3-10,13,22H,11-12H2,1-2H3,(H,21,25)(H,23,24). The van der Waals surface area contributed by atoms with E-state index in [9.17, 15) is 4.79 Å². The number of amides is 1. The van der Waals surface area contributed by atoms with Gasteiger partial charge in [0.2, 0.25) is 0 Å². The Bertz CT molecular complexity index is 835. The monoisotopic (exact) mass is 334 g/mol. The lowest BCUT2D eigenvalue weighted by atomic mass is 10.1. The van der Waals surface area contributed by atoms with E-state index in [2.05, 4.69) is 52.0 Å². The van der Waals surface area contributed by atoms with E-state index < -0.39 is 0 Å². The van der Waals surface area contributed by atoms with Gasteiger partial charge in [-0.05, 0) is 30.2 Å². The van der Waals surface area contributed by atoms with E-state index >= 15 is 0 Å². The molecular weight excluding hydrogens is 312 g/mol. The van der Waals surface area contributed by atoms with Crippen molar-refractivity contribution in [2.75, 3.05) is 7.05 Å². The number of nitrogens with one attached hydrogen (secondary N) is 3. The van der Waals surface area contributed by atoms with Crippen LogP contribution in [0.4, 0.5) is 0 Å². The molecule has 0 atom stereocenters. The normalized spacial score (nSPS) is 10.6. The van der Waals surface area contributed by atoms with Gasteiger partial charge in [-0.2, -0.15) is 5.10 Å². The van der Waals surface area contributed by atoms with Crippen LogP contribution in [-0.4, -0.2) is 23.2 Å². The van der Waals surface area contributed by atoms with Crippen LogP contribution in [0.2, 0.25) is 0 Å². The summed E-state index contributed by atoms with van der Waals surface area (Å²) < 4.78 is 0. The molecule has 1 amide bonds. The van der Waals surface area contributed by atoms with Gasteiger partial charge in [0.1, 0.15) is 0 Å². The van der Waals surface area contributed by atoms with E-state index in [1.807, 2.05) is 30.5 Å². The SMILES string of the molecule is CNC(=O)c1ccc(CNCc2cn[nH]c2-c2ccc(C)cc2)cc1. The molecule has 0 aliphatic carbocycles. The summed E-state index contributed by atoms with van der Waals surface area (Å²) in [5.74, 6) is -0.0688. The highest BCUT2D eigenvalue weighted by Gasteiger charge is 2.07. The number of carbonyl (C=O) groups excluding carboxylic acids is 1. The van der Waals surface area contributed by atoms with Crippen LogP contribution in [0.15, 0.2) is 54.7 Å². The molecule has 3 N–H and O–H groups in total. The first-order valence-corrected chi connectivity index (χ1v) is 8.28. The third-order valence-corrected chi connectivity index (χ3v) is 4.15. The van der Waals surface area contributed by atoms with Crippen molar-refractivity contribution in [1.29, 1.82) is 0 Å². The molecule has 3 aromatic rings. The highest BCUT2D eigenvalue weighted by Crippen LogP contribution is 2.21. The molecule has 0 bridgehead atoms. The highest BCUT2D eigenvalue weighted by molar-refractivity contribution is 5.93. The molecule has 0 spiro atoms. The lowest BCUT2D eigenvalue weighted by Crippen LogP contribution is -2.18. The fraction of sp³-hybridized carbons (Fsp3) is 0.200. The van der Waals surface area contributed by atoms with Gasteiger partial charge < -0.3 is 10.6 Å². The zero-order valence-corrected chi connectivity index (χ0v) is 14.5. The van der Waals surface area contributed by atoms with Gasteiger partial charge in [-0.3, -0.25) is 9.89 Å². The quantitative estimate of drug-likeness (QED) is 0.649. The second kappa shape index (κ2) is 7.77. The van der Waals surface area contributed by atoms with Crippen LogP contribution in [-0.2, 0) is 13.1 Å². The number of hydrogen-bond acceptors (Lipinski definition) is 3. The van der Waals surface area contributed by atoms with E-state index in [1.54, 1.807) is 7.05 Å².